The molecule has 0 spiro atoms. The summed E-state index contributed by atoms with van der Waals surface area (Å²) in [4.78, 5) is 12.1. The Morgan fingerprint density at radius 1 is 1.32 bits per heavy atom. The van der Waals surface area contributed by atoms with E-state index in [4.69, 9.17) is 5.73 Å². The molecule has 0 fully saturated rings. The second-order valence-electron chi connectivity index (χ2n) is 6.07. The lowest BCUT2D eigenvalue weighted by Gasteiger charge is -2.31. The molecule has 3 N–H and O–H groups in total. The van der Waals surface area contributed by atoms with E-state index in [9.17, 15) is 4.79 Å². The van der Waals surface area contributed by atoms with Gasteiger partial charge in [-0.3, -0.25) is 4.79 Å². The minimum Gasteiger partial charge on any atom is -0.349 e. The van der Waals surface area contributed by atoms with Crippen LogP contribution >= 0.6 is 0 Å². The average Bonchev–Trinajstić information content (AvgIpc) is 2.31. The molecule has 106 valence electrons. The van der Waals surface area contributed by atoms with Gasteiger partial charge in [0.25, 0.3) is 0 Å². The lowest BCUT2D eigenvalue weighted by atomic mass is 9.90. The Labute approximate surface area is 116 Å². The Morgan fingerprint density at radius 3 is 2.37 bits per heavy atom. The lowest BCUT2D eigenvalue weighted by Crippen LogP contribution is -2.52. The van der Waals surface area contributed by atoms with Crippen molar-refractivity contribution in [3.63, 3.8) is 0 Å². The zero-order valence-electron chi connectivity index (χ0n) is 12.5. The number of rotatable bonds is 6. The molecule has 0 bridgehead atoms. The van der Waals surface area contributed by atoms with E-state index in [1.807, 2.05) is 38.1 Å². The number of nitrogens with two attached hydrogens (primary N) is 1. The van der Waals surface area contributed by atoms with Crippen molar-refractivity contribution in [2.45, 2.75) is 46.1 Å². The van der Waals surface area contributed by atoms with E-state index in [1.165, 1.54) is 5.56 Å². The second kappa shape index (κ2) is 6.71. The van der Waals surface area contributed by atoms with Crippen molar-refractivity contribution in [2.75, 3.05) is 6.54 Å². The number of amides is 1. The van der Waals surface area contributed by atoms with Crippen LogP contribution in [0.2, 0.25) is 0 Å². The second-order valence-corrected chi connectivity index (χ2v) is 6.07. The third kappa shape index (κ3) is 5.43. The van der Waals surface area contributed by atoms with Crippen LogP contribution in [0.15, 0.2) is 24.3 Å². The van der Waals surface area contributed by atoms with Gasteiger partial charge in [-0.15, -0.1) is 0 Å². The van der Waals surface area contributed by atoms with E-state index in [1.54, 1.807) is 0 Å². The largest absolute Gasteiger partial charge is 0.349 e. The zero-order chi connectivity index (χ0) is 14.5. The molecule has 1 unspecified atom stereocenters. The highest BCUT2D eigenvalue weighted by Gasteiger charge is 2.25. The number of aryl methyl sites for hydroxylation is 1. The maximum atomic E-state index is 12.1. The van der Waals surface area contributed by atoms with Gasteiger partial charge < -0.3 is 11.1 Å². The molecule has 0 heterocycles. The first kappa shape index (κ1) is 15.7. The van der Waals surface area contributed by atoms with Gasteiger partial charge in [0.05, 0.1) is 6.42 Å². The van der Waals surface area contributed by atoms with Crippen LogP contribution < -0.4 is 11.1 Å². The van der Waals surface area contributed by atoms with Crippen LogP contribution in [0, 0.1) is 12.8 Å². The van der Waals surface area contributed by atoms with E-state index >= 15 is 0 Å². The van der Waals surface area contributed by atoms with Crippen LogP contribution in [-0.2, 0) is 11.2 Å². The van der Waals surface area contributed by atoms with E-state index in [2.05, 4.69) is 19.2 Å². The molecule has 0 saturated heterocycles. The highest BCUT2D eigenvalue weighted by Crippen LogP contribution is 2.15. The number of hydrogen-bond donors (Lipinski definition) is 2. The fourth-order valence-corrected chi connectivity index (χ4v) is 2.36. The summed E-state index contributed by atoms with van der Waals surface area (Å²) in [7, 11) is 0. The van der Waals surface area contributed by atoms with Crippen molar-refractivity contribution in [3.8, 4) is 0 Å². The molecular weight excluding hydrogens is 236 g/mol. The monoisotopic (exact) mass is 262 g/mol. The Hall–Kier alpha value is -1.35. The van der Waals surface area contributed by atoms with Gasteiger partial charge in [0.1, 0.15) is 0 Å². The summed E-state index contributed by atoms with van der Waals surface area (Å²) < 4.78 is 0. The van der Waals surface area contributed by atoms with Crippen LogP contribution in [0.3, 0.4) is 0 Å². The van der Waals surface area contributed by atoms with Gasteiger partial charge in [-0.1, -0.05) is 43.7 Å². The van der Waals surface area contributed by atoms with Crippen LogP contribution in [-0.4, -0.2) is 18.0 Å². The normalized spacial score (nSPS) is 14.2. The van der Waals surface area contributed by atoms with E-state index < -0.39 is 0 Å². The minimum atomic E-state index is -0.310. The Bertz CT molecular complexity index is 411. The standard InChI is InChI=1S/C16H26N2O/c1-12(2)10-16(4,11-17)18-15(19)9-14-7-5-13(3)6-8-14/h5-8,12H,9-11,17H2,1-4H3,(H,18,19). The first-order valence-corrected chi connectivity index (χ1v) is 6.91. The van der Waals surface area contributed by atoms with Crippen molar-refractivity contribution >= 4 is 5.91 Å². The van der Waals surface area contributed by atoms with Gasteiger partial charge in [0, 0.05) is 12.1 Å². The molecule has 1 atom stereocenters. The van der Waals surface area contributed by atoms with E-state index in [0.29, 0.717) is 18.9 Å². The van der Waals surface area contributed by atoms with Crippen LogP contribution in [0.4, 0.5) is 0 Å². The summed E-state index contributed by atoms with van der Waals surface area (Å²) in [5.74, 6) is 0.547. The zero-order valence-corrected chi connectivity index (χ0v) is 12.5. The molecule has 3 nitrogen and oxygen atoms in total. The molecule has 1 aromatic rings. The quantitative estimate of drug-likeness (QED) is 0.827. The third-order valence-electron chi connectivity index (χ3n) is 3.24. The van der Waals surface area contributed by atoms with Gasteiger partial charge in [-0.25, -0.2) is 0 Å². The summed E-state index contributed by atoms with van der Waals surface area (Å²) in [6.45, 7) is 8.79. The Balaban J connectivity index is 2.60. The van der Waals surface area contributed by atoms with Gasteiger partial charge in [0.2, 0.25) is 5.91 Å². The van der Waals surface area contributed by atoms with Crippen molar-refractivity contribution < 1.29 is 4.79 Å². The van der Waals surface area contributed by atoms with Gasteiger partial charge in [-0.2, -0.15) is 0 Å². The molecular formula is C16H26N2O. The number of carbonyl (C=O) groups is 1. The van der Waals surface area contributed by atoms with E-state index in [0.717, 1.165) is 12.0 Å². The van der Waals surface area contributed by atoms with Crippen molar-refractivity contribution in [1.82, 2.24) is 5.32 Å². The maximum absolute atomic E-state index is 12.1. The molecule has 0 aliphatic carbocycles. The first-order valence-electron chi connectivity index (χ1n) is 6.91. The smallest absolute Gasteiger partial charge is 0.224 e. The molecule has 0 saturated carbocycles. The van der Waals surface area contributed by atoms with Crippen molar-refractivity contribution in [1.29, 1.82) is 0 Å². The molecule has 0 radical (unpaired) electrons. The number of nitrogens with one attached hydrogen (secondary N) is 1. The van der Waals surface area contributed by atoms with Crippen LogP contribution in [0.1, 0.15) is 38.3 Å². The van der Waals surface area contributed by atoms with Gasteiger partial charge in [-0.05, 0) is 31.7 Å². The molecule has 0 aromatic heterocycles. The fourth-order valence-electron chi connectivity index (χ4n) is 2.36. The van der Waals surface area contributed by atoms with Crippen molar-refractivity contribution in [3.05, 3.63) is 35.4 Å². The number of carbonyl (C=O) groups excluding carboxylic acids is 1. The summed E-state index contributed by atoms with van der Waals surface area (Å²) in [5.41, 5.74) is 7.73. The van der Waals surface area contributed by atoms with Gasteiger partial charge >= 0.3 is 0 Å². The highest BCUT2D eigenvalue weighted by atomic mass is 16.1. The summed E-state index contributed by atoms with van der Waals surface area (Å²) in [5, 5.41) is 3.07. The van der Waals surface area contributed by atoms with Crippen LogP contribution in [0.5, 0.6) is 0 Å². The predicted octanol–water partition coefficient (Wildman–Crippen LogP) is 2.42. The molecule has 3 heteroatoms. The Morgan fingerprint density at radius 2 is 1.89 bits per heavy atom. The topological polar surface area (TPSA) is 55.1 Å². The Kier molecular flexibility index (Phi) is 5.55. The predicted molar refractivity (Wildman–Crippen MR) is 79.9 cm³/mol. The van der Waals surface area contributed by atoms with Crippen molar-refractivity contribution in [2.24, 2.45) is 11.7 Å². The molecule has 1 aromatic carbocycles. The first-order chi connectivity index (χ1) is 8.84. The number of benzene rings is 1. The minimum absolute atomic E-state index is 0.0393. The highest BCUT2D eigenvalue weighted by molar-refractivity contribution is 5.79. The average molecular weight is 262 g/mol. The third-order valence-corrected chi connectivity index (χ3v) is 3.24. The molecule has 1 rings (SSSR count). The summed E-state index contributed by atoms with van der Waals surface area (Å²) in [6, 6.07) is 8.05. The molecule has 0 aliphatic heterocycles. The molecule has 1 amide bonds. The fraction of sp³-hybridized carbons (Fsp3) is 0.562. The van der Waals surface area contributed by atoms with E-state index in [-0.39, 0.29) is 11.4 Å². The summed E-state index contributed by atoms with van der Waals surface area (Å²) >= 11 is 0. The molecule has 0 aliphatic rings. The molecule has 19 heavy (non-hydrogen) atoms. The maximum Gasteiger partial charge on any atom is 0.224 e. The summed E-state index contributed by atoms with van der Waals surface area (Å²) in [6.07, 6.45) is 1.30. The number of hydrogen-bond acceptors (Lipinski definition) is 2. The SMILES string of the molecule is Cc1ccc(CC(=O)NC(C)(CN)CC(C)C)cc1. The van der Waals surface area contributed by atoms with Gasteiger partial charge in [0.15, 0.2) is 0 Å². The lowest BCUT2D eigenvalue weighted by molar-refractivity contribution is -0.122. The van der Waals surface area contributed by atoms with Crippen LogP contribution in [0.25, 0.3) is 0 Å².